The molecule has 1 unspecified atom stereocenters. The van der Waals surface area contributed by atoms with Crippen molar-refractivity contribution in [2.24, 2.45) is 0 Å². The van der Waals surface area contributed by atoms with Gasteiger partial charge in [0.1, 0.15) is 23.7 Å². The minimum absolute atomic E-state index is 0.0306. The van der Waals surface area contributed by atoms with Crippen molar-refractivity contribution in [1.29, 1.82) is 0 Å². The van der Waals surface area contributed by atoms with E-state index in [1.165, 1.54) is 6.33 Å². The fraction of sp³-hybridized carbons (Fsp3) is 0.400. The van der Waals surface area contributed by atoms with Crippen LogP contribution in [0.5, 0.6) is 5.75 Å². The van der Waals surface area contributed by atoms with Gasteiger partial charge in [-0.3, -0.25) is 4.79 Å². The first-order chi connectivity index (χ1) is 14.3. The largest absolute Gasteiger partial charge is 0.493 e. The summed E-state index contributed by atoms with van der Waals surface area (Å²) in [6.45, 7) is 6.21. The summed E-state index contributed by atoms with van der Waals surface area (Å²) in [4.78, 5) is 20.1. The molecule has 2 atom stereocenters. The Morgan fingerprint density at radius 1 is 1.47 bits per heavy atom. The van der Waals surface area contributed by atoms with Crippen molar-refractivity contribution in [2.45, 2.75) is 39.2 Å². The first kappa shape index (κ1) is 20.3. The molecule has 1 aliphatic rings. The number of aromatic nitrogens is 4. The number of hydrogen-bond acceptors (Lipinski definition) is 6. The lowest BCUT2D eigenvalue weighted by molar-refractivity contribution is -0.119. The van der Waals surface area contributed by atoms with Crippen molar-refractivity contribution in [3.63, 3.8) is 0 Å². The number of ether oxygens (including phenoxy) is 1. The molecule has 3 heterocycles. The third kappa shape index (κ3) is 3.23. The van der Waals surface area contributed by atoms with Gasteiger partial charge in [0, 0.05) is 30.0 Å². The molecule has 3 N–H and O–H groups in total. The fourth-order valence-corrected chi connectivity index (χ4v) is 4.23. The molecule has 1 aliphatic heterocycles. The number of nitrogen functional groups attached to an aromatic ring is 1. The zero-order chi connectivity index (χ0) is 21.6. The average molecular weight is 433 g/mol. The summed E-state index contributed by atoms with van der Waals surface area (Å²) in [5.74, 6) is -0.327. The summed E-state index contributed by atoms with van der Waals surface area (Å²) in [5, 5.41) is 7.98. The third-order valence-corrected chi connectivity index (χ3v) is 5.69. The molecular weight excluding hydrogens is 411 g/mol. The Hall–Kier alpha value is -2.94. The van der Waals surface area contributed by atoms with Crippen molar-refractivity contribution in [1.82, 2.24) is 25.1 Å². The lowest BCUT2D eigenvalue weighted by Crippen LogP contribution is -2.16. The highest BCUT2D eigenvalue weighted by molar-refractivity contribution is 6.31. The molecule has 3 aromatic rings. The lowest BCUT2D eigenvalue weighted by atomic mass is 9.92. The van der Waals surface area contributed by atoms with E-state index in [2.05, 4.69) is 20.4 Å². The first-order valence-corrected chi connectivity index (χ1v) is 10.1. The first-order valence-electron chi connectivity index (χ1n) is 9.70. The minimum Gasteiger partial charge on any atom is -0.493 e. The van der Waals surface area contributed by atoms with Crippen LogP contribution in [0.3, 0.4) is 0 Å². The molecule has 1 aromatic carbocycles. The van der Waals surface area contributed by atoms with Crippen LogP contribution in [-0.2, 0) is 4.79 Å². The van der Waals surface area contributed by atoms with Crippen LogP contribution in [0, 0.1) is 12.7 Å². The van der Waals surface area contributed by atoms with Crippen LogP contribution in [0.1, 0.15) is 49.0 Å². The molecule has 2 aromatic heterocycles. The predicted octanol–water partition coefficient (Wildman–Crippen LogP) is 3.12. The molecule has 0 bridgehead atoms. The van der Waals surface area contributed by atoms with Gasteiger partial charge in [0.15, 0.2) is 5.65 Å². The van der Waals surface area contributed by atoms with Gasteiger partial charge in [0.2, 0.25) is 5.91 Å². The second-order valence-electron chi connectivity index (χ2n) is 7.31. The number of carbonyl (C=O) groups excluding carboxylic acids is 1. The van der Waals surface area contributed by atoms with Gasteiger partial charge in [-0.25, -0.2) is 19.0 Å². The van der Waals surface area contributed by atoms with E-state index in [0.29, 0.717) is 52.6 Å². The van der Waals surface area contributed by atoms with Crippen molar-refractivity contribution in [3.8, 4) is 5.75 Å². The van der Waals surface area contributed by atoms with Crippen LogP contribution < -0.4 is 15.8 Å². The number of halogens is 2. The molecule has 0 spiro atoms. The second-order valence-corrected chi connectivity index (χ2v) is 7.71. The number of nitrogens with two attached hydrogens (primary N) is 1. The normalized spacial score (nSPS) is 17.4. The Bertz CT molecular complexity index is 1150. The number of fused-ring (bicyclic) bond motifs is 1. The minimum atomic E-state index is -0.564. The van der Waals surface area contributed by atoms with Crippen molar-refractivity contribution < 1.29 is 13.9 Å². The summed E-state index contributed by atoms with van der Waals surface area (Å²) in [6.07, 6.45) is 1.56. The highest BCUT2D eigenvalue weighted by Gasteiger charge is 2.33. The number of nitrogens with zero attached hydrogens (tertiary/aromatic N) is 4. The van der Waals surface area contributed by atoms with Gasteiger partial charge in [-0.2, -0.15) is 5.10 Å². The maximum Gasteiger partial charge on any atom is 0.220 e. The maximum atomic E-state index is 15.1. The summed E-state index contributed by atoms with van der Waals surface area (Å²) in [7, 11) is 0. The molecule has 8 nitrogen and oxygen atoms in total. The van der Waals surface area contributed by atoms with E-state index in [1.807, 2.05) is 20.8 Å². The Morgan fingerprint density at radius 3 is 2.90 bits per heavy atom. The average Bonchev–Trinajstić information content (AvgIpc) is 3.28. The van der Waals surface area contributed by atoms with Crippen LogP contribution in [0.4, 0.5) is 10.2 Å². The zero-order valence-electron chi connectivity index (χ0n) is 16.9. The molecule has 158 valence electrons. The zero-order valence-corrected chi connectivity index (χ0v) is 17.6. The molecule has 0 radical (unpaired) electrons. The maximum absolute atomic E-state index is 15.1. The van der Waals surface area contributed by atoms with Crippen LogP contribution in [0.2, 0.25) is 5.02 Å². The molecule has 4 rings (SSSR count). The van der Waals surface area contributed by atoms with E-state index in [1.54, 1.807) is 10.7 Å². The number of benzene rings is 1. The quantitative estimate of drug-likeness (QED) is 0.641. The Kier molecular flexibility index (Phi) is 5.23. The van der Waals surface area contributed by atoms with Crippen LogP contribution >= 0.6 is 11.6 Å². The van der Waals surface area contributed by atoms with Gasteiger partial charge < -0.3 is 15.8 Å². The van der Waals surface area contributed by atoms with E-state index in [-0.39, 0.29) is 29.3 Å². The number of amides is 1. The molecule has 1 saturated heterocycles. The highest BCUT2D eigenvalue weighted by atomic mass is 35.5. The Labute approximate surface area is 177 Å². The molecule has 10 heteroatoms. The fourth-order valence-electron chi connectivity index (χ4n) is 4.01. The predicted molar refractivity (Wildman–Crippen MR) is 111 cm³/mol. The smallest absolute Gasteiger partial charge is 0.220 e. The van der Waals surface area contributed by atoms with E-state index < -0.39 is 5.82 Å². The number of hydrogen-bond donors (Lipinski definition) is 2. The van der Waals surface area contributed by atoms with E-state index in [4.69, 9.17) is 22.1 Å². The van der Waals surface area contributed by atoms with Gasteiger partial charge in [-0.15, -0.1) is 0 Å². The summed E-state index contributed by atoms with van der Waals surface area (Å²) < 4.78 is 22.7. The molecule has 1 fully saturated rings. The summed E-state index contributed by atoms with van der Waals surface area (Å²) in [6, 6.07) is 1.16. The highest BCUT2D eigenvalue weighted by Crippen LogP contribution is 2.43. The SMILES string of the molecule is CCOc1c([C@@H](C)n2nc(C)c3c(N)ncnc32)cc(Cl)c(F)c1C1CNC(=O)C1. The Balaban J connectivity index is 1.91. The number of rotatable bonds is 5. The monoisotopic (exact) mass is 432 g/mol. The number of nitrogens with one attached hydrogen (secondary N) is 1. The van der Waals surface area contributed by atoms with Gasteiger partial charge in [0.25, 0.3) is 0 Å². The molecule has 30 heavy (non-hydrogen) atoms. The van der Waals surface area contributed by atoms with Crippen LogP contribution in [0.25, 0.3) is 11.0 Å². The van der Waals surface area contributed by atoms with Gasteiger partial charge in [-0.1, -0.05) is 11.6 Å². The molecular formula is C20H22ClFN6O2. The Morgan fingerprint density at radius 2 is 2.23 bits per heavy atom. The van der Waals surface area contributed by atoms with Gasteiger partial charge in [0.05, 0.1) is 28.8 Å². The number of aryl methyl sites for hydroxylation is 1. The van der Waals surface area contributed by atoms with Crippen molar-refractivity contribution in [2.75, 3.05) is 18.9 Å². The van der Waals surface area contributed by atoms with Gasteiger partial charge in [-0.05, 0) is 26.8 Å². The van der Waals surface area contributed by atoms with Crippen molar-refractivity contribution in [3.05, 3.63) is 40.1 Å². The van der Waals surface area contributed by atoms with E-state index >= 15 is 4.39 Å². The standard InChI is InChI=1S/C20H22ClFN6O2/c1-4-30-18-12(6-13(21)17(22)16(18)11-5-14(29)24-7-11)10(3)28-20-15(9(2)27-28)19(23)25-8-26-20/h6,8,10-11H,4-5,7H2,1-3H3,(H,24,29)(H2,23,25,26)/t10-,11?/m1/s1. The van der Waals surface area contributed by atoms with E-state index in [9.17, 15) is 4.79 Å². The van der Waals surface area contributed by atoms with Crippen LogP contribution in [0.15, 0.2) is 12.4 Å². The number of anilines is 1. The van der Waals surface area contributed by atoms with Crippen molar-refractivity contribution >= 4 is 34.4 Å². The second kappa shape index (κ2) is 7.71. The van der Waals surface area contributed by atoms with E-state index in [0.717, 1.165) is 0 Å². The lowest BCUT2D eigenvalue weighted by Gasteiger charge is -2.23. The third-order valence-electron chi connectivity index (χ3n) is 5.42. The molecule has 0 saturated carbocycles. The summed E-state index contributed by atoms with van der Waals surface area (Å²) in [5.41, 5.74) is 8.23. The topological polar surface area (TPSA) is 108 Å². The summed E-state index contributed by atoms with van der Waals surface area (Å²) >= 11 is 6.27. The molecule has 0 aliphatic carbocycles. The molecule has 1 amide bonds. The van der Waals surface area contributed by atoms with Crippen LogP contribution in [-0.4, -0.2) is 38.8 Å². The van der Waals surface area contributed by atoms with Gasteiger partial charge >= 0.3 is 0 Å². The number of carbonyl (C=O) groups is 1.